The van der Waals surface area contributed by atoms with Crippen molar-refractivity contribution < 1.29 is 5.11 Å². The Bertz CT molecular complexity index is 235. The van der Waals surface area contributed by atoms with Gasteiger partial charge in [-0.05, 0) is 67.6 Å². The normalized spacial score (nSPS) is 49.3. The van der Waals surface area contributed by atoms with Gasteiger partial charge in [-0.2, -0.15) is 0 Å². The zero-order valence-electron chi connectivity index (χ0n) is 10.8. The van der Waals surface area contributed by atoms with Crippen molar-refractivity contribution in [1.82, 2.24) is 0 Å². The van der Waals surface area contributed by atoms with Crippen molar-refractivity contribution in [3.8, 4) is 0 Å². The van der Waals surface area contributed by atoms with Crippen molar-refractivity contribution in [2.45, 2.75) is 64.9 Å². The maximum atomic E-state index is 10.7. The quantitative estimate of drug-likeness (QED) is 0.773. The van der Waals surface area contributed by atoms with E-state index in [1.165, 1.54) is 38.5 Å². The fourth-order valence-electron chi connectivity index (χ4n) is 5.37. The lowest BCUT2D eigenvalue weighted by Crippen LogP contribution is -2.53. The minimum absolute atomic E-state index is 0.0223. The van der Waals surface area contributed by atoms with Gasteiger partial charge in [0.1, 0.15) is 0 Å². The third kappa shape index (κ3) is 1.54. The SMILES string of the molecule is CCC(C)C(O)C12CC3CC(CC(C3)C1)C2. The van der Waals surface area contributed by atoms with E-state index in [1.807, 2.05) is 0 Å². The van der Waals surface area contributed by atoms with E-state index in [4.69, 9.17) is 0 Å². The third-order valence-electron chi connectivity index (χ3n) is 5.90. The van der Waals surface area contributed by atoms with Gasteiger partial charge in [0, 0.05) is 0 Å². The third-order valence-corrected chi connectivity index (χ3v) is 5.90. The standard InChI is InChI=1S/C15H26O/c1-3-10(2)14(16)15-7-11-4-12(8-15)6-13(5-11)9-15/h10-14,16H,3-9H2,1-2H3. The van der Waals surface area contributed by atoms with E-state index >= 15 is 0 Å². The Balaban J connectivity index is 1.82. The Morgan fingerprint density at radius 2 is 1.50 bits per heavy atom. The highest BCUT2D eigenvalue weighted by atomic mass is 16.3. The summed E-state index contributed by atoms with van der Waals surface area (Å²) in [5.74, 6) is 3.39. The highest BCUT2D eigenvalue weighted by Crippen LogP contribution is 2.62. The Kier molecular flexibility index (Phi) is 2.58. The highest BCUT2D eigenvalue weighted by Gasteiger charge is 2.54. The van der Waals surface area contributed by atoms with Crippen LogP contribution in [-0.2, 0) is 0 Å². The summed E-state index contributed by atoms with van der Waals surface area (Å²) < 4.78 is 0. The van der Waals surface area contributed by atoms with Gasteiger partial charge in [0.05, 0.1) is 6.10 Å². The Morgan fingerprint density at radius 1 is 1.06 bits per heavy atom. The van der Waals surface area contributed by atoms with Crippen molar-refractivity contribution in [3.63, 3.8) is 0 Å². The van der Waals surface area contributed by atoms with Crippen molar-refractivity contribution in [3.05, 3.63) is 0 Å². The second kappa shape index (κ2) is 3.73. The van der Waals surface area contributed by atoms with E-state index in [0.29, 0.717) is 11.3 Å². The van der Waals surface area contributed by atoms with Gasteiger partial charge in [0.2, 0.25) is 0 Å². The molecule has 2 atom stereocenters. The molecule has 0 spiro atoms. The summed E-state index contributed by atoms with van der Waals surface area (Å²) in [4.78, 5) is 0. The molecule has 0 aromatic carbocycles. The molecule has 4 saturated carbocycles. The minimum Gasteiger partial charge on any atom is -0.392 e. The van der Waals surface area contributed by atoms with Gasteiger partial charge in [0.15, 0.2) is 0 Å². The first kappa shape index (κ1) is 11.1. The van der Waals surface area contributed by atoms with E-state index in [9.17, 15) is 5.11 Å². The zero-order valence-corrected chi connectivity index (χ0v) is 10.8. The van der Waals surface area contributed by atoms with Crippen molar-refractivity contribution in [2.24, 2.45) is 29.1 Å². The van der Waals surface area contributed by atoms with Crippen LogP contribution in [0.4, 0.5) is 0 Å². The summed E-state index contributed by atoms with van der Waals surface area (Å²) in [5, 5.41) is 10.7. The number of hydrogen-bond donors (Lipinski definition) is 1. The summed E-state index contributed by atoms with van der Waals surface area (Å²) in [6.07, 6.45) is 9.55. The van der Waals surface area contributed by atoms with Crippen molar-refractivity contribution in [2.75, 3.05) is 0 Å². The molecule has 4 rings (SSSR count). The van der Waals surface area contributed by atoms with Crippen LogP contribution in [0.5, 0.6) is 0 Å². The van der Waals surface area contributed by atoms with Gasteiger partial charge >= 0.3 is 0 Å². The van der Waals surface area contributed by atoms with E-state index in [2.05, 4.69) is 13.8 Å². The maximum Gasteiger partial charge on any atom is 0.0622 e. The number of hydrogen-bond acceptors (Lipinski definition) is 1. The predicted octanol–water partition coefficient (Wildman–Crippen LogP) is 3.61. The van der Waals surface area contributed by atoms with Crippen LogP contribution in [0.2, 0.25) is 0 Å². The van der Waals surface area contributed by atoms with Crippen molar-refractivity contribution in [1.29, 1.82) is 0 Å². The lowest BCUT2D eigenvalue weighted by atomic mass is 9.47. The van der Waals surface area contributed by atoms with E-state index < -0.39 is 0 Å². The average molecular weight is 222 g/mol. The molecule has 4 bridgehead atoms. The van der Waals surface area contributed by atoms with Crippen LogP contribution in [0.3, 0.4) is 0 Å². The first-order valence-electron chi connectivity index (χ1n) is 7.31. The molecule has 0 amide bonds. The minimum atomic E-state index is -0.0223. The summed E-state index contributed by atoms with van der Waals surface area (Å²) in [5.41, 5.74) is 0.337. The van der Waals surface area contributed by atoms with Crippen LogP contribution in [0.25, 0.3) is 0 Å². The van der Waals surface area contributed by atoms with Gasteiger partial charge in [0.25, 0.3) is 0 Å². The van der Waals surface area contributed by atoms with Gasteiger partial charge in [-0.1, -0.05) is 20.3 Å². The van der Waals surface area contributed by atoms with Crippen LogP contribution in [0.1, 0.15) is 58.8 Å². The van der Waals surface area contributed by atoms with Crippen LogP contribution in [-0.4, -0.2) is 11.2 Å². The second-order valence-electron chi connectivity index (χ2n) is 7.11. The van der Waals surface area contributed by atoms with Gasteiger partial charge < -0.3 is 5.11 Å². The Hall–Kier alpha value is -0.0400. The molecule has 0 heterocycles. The van der Waals surface area contributed by atoms with Crippen LogP contribution >= 0.6 is 0 Å². The molecule has 92 valence electrons. The molecule has 4 fully saturated rings. The van der Waals surface area contributed by atoms with Gasteiger partial charge in [-0.3, -0.25) is 0 Å². The fraction of sp³-hybridized carbons (Fsp3) is 1.00. The molecule has 2 unspecified atom stereocenters. The maximum absolute atomic E-state index is 10.7. The second-order valence-corrected chi connectivity index (χ2v) is 7.11. The summed E-state index contributed by atoms with van der Waals surface area (Å²) in [7, 11) is 0. The average Bonchev–Trinajstić information content (AvgIpc) is 2.25. The fourth-order valence-corrected chi connectivity index (χ4v) is 5.37. The molecule has 1 N–H and O–H groups in total. The first-order valence-corrected chi connectivity index (χ1v) is 7.31. The Morgan fingerprint density at radius 3 is 1.88 bits per heavy atom. The molecule has 0 aliphatic heterocycles. The number of aliphatic hydroxyl groups excluding tert-OH is 1. The van der Waals surface area contributed by atoms with Gasteiger partial charge in [-0.25, -0.2) is 0 Å². The summed E-state index contributed by atoms with van der Waals surface area (Å²) in [6, 6.07) is 0. The molecule has 1 nitrogen and oxygen atoms in total. The van der Waals surface area contributed by atoms with Gasteiger partial charge in [-0.15, -0.1) is 0 Å². The largest absolute Gasteiger partial charge is 0.392 e. The highest BCUT2D eigenvalue weighted by molar-refractivity contribution is 5.04. The summed E-state index contributed by atoms with van der Waals surface area (Å²) in [6.45, 7) is 4.46. The molecule has 1 heteroatoms. The Labute approximate surface area is 99.6 Å². The molecule has 4 aliphatic rings. The molecule has 0 aromatic rings. The molecule has 4 aliphatic carbocycles. The van der Waals surface area contributed by atoms with E-state index in [1.54, 1.807) is 0 Å². The molecule has 0 aromatic heterocycles. The van der Waals surface area contributed by atoms with Crippen molar-refractivity contribution >= 4 is 0 Å². The van der Waals surface area contributed by atoms with E-state index in [-0.39, 0.29) is 6.10 Å². The number of rotatable bonds is 3. The molecule has 0 radical (unpaired) electrons. The lowest BCUT2D eigenvalue weighted by Gasteiger charge is -2.59. The van der Waals surface area contributed by atoms with Crippen LogP contribution in [0.15, 0.2) is 0 Å². The molecular formula is C15H26O. The molecular weight excluding hydrogens is 196 g/mol. The lowest BCUT2D eigenvalue weighted by molar-refractivity contribution is -0.136. The predicted molar refractivity (Wildman–Crippen MR) is 66.1 cm³/mol. The number of aliphatic hydroxyl groups is 1. The first-order chi connectivity index (χ1) is 7.63. The topological polar surface area (TPSA) is 20.2 Å². The monoisotopic (exact) mass is 222 g/mol. The van der Waals surface area contributed by atoms with E-state index in [0.717, 1.165) is 24.2 Å². The smallest absolute Gasteiger partial charge is 0.0622 e. The van der Waals surface area contributed by atoms with Crippen LogP contribution < -0.4 is 0 Å². The molecule has 16 heavy (non-hydrogen) atoms. The summed E-state index contributed by atoms with van der Waals surface area (Å²) >= 11 is 0. The molecule has 0 saturated heterocycles. The van der Waals surface area contributed by atoms with Crippen LogP contribution in [0, 0.1) is 29.1 Å². The zero-order chi connectivity index (χ0) is 11.3.